The average Bonchev–Trinajstić information content (AvgIpc) is 2.57. The van der Waals surface area contributed by atoms with Crippen LogP contribution >= 0.6 is 31.9 Å². The van der Waals surface area contributed by atoms with Crippen molar-refractivity contribution in [2.24, 2.45) is 0 Å². The summed E-state index contributed by atoms with van der Waals surface area (Å²) < 4.78 is 12.7. The number of ether oxygens (including phenoxy) is 2. The molecule has 1 aliphatic heterocycles. The Labute approximate surface area is 116 Å². The highest BCUT2D eigenvalue weighted by atomic mass is 79.9. The first kappa shape index (κ1) is 12.9. The molecule has 1 fully saturated rings. The second kappa shape index (κ2) is 5.37. The molecule has 1 heterocycles. The zero-order chi connectivity index (χ0) is 12.4. The topological polar surface area (TPSA) is 47.6 Å². The minimum atomic E-state index is -0.406. The summed E-state index contributed by atoms with van der Waals surface area (Å²) in [5.41, 5.74) is 0. The van der Waals surface area contributed by atoms with Crippen molar-refractivity contribution in [1.29, 1.82) is 0 Å². The predicted octanol–water partition coefficient (Wildman–Crippen LogP) is 2.45. The van der Waals surface area contributed by atoms with E-state index in [1.165, 1.54) is 0 Å². The van der Waals surface area contributed by atoms with Crippen LogP contribution in [0, 0.1) is 0 Å². The molecule has 1 amide bonds. The second-order valence-electron chi connectivity index (χ2n) is 3.66. The van der Waals surface area contributed by atoms with Crippen LogP contribution in [0.4, 0.5) is 0 Å². The van der Waals surface area contributed by atoms with Crippen LogP contribution in [-0.2, 0) is 9.53 Å². The summed E-state index contributed by atoms with van der Waals surface area (Å²) in [4.78, 5) is 11.2. The van der Waals surface area contributed by atoms with E-state index in [1.54, 1.807) is 6.92 Å². The van der Waals surface area contributed by atoms with Gasteiger partial charge in [-0.15, -0.1) is 0 Å². The number of rotatable bonds is 3. The largest absolute Gasteiger partial charge is 0.488 e. The molecule has 1 aromatic carbocycles. The minimum absolute atomic E-state index is 0.103. The number of carbonyl (C=O) groups is 1. The van der Waals surface area contributed by atoms with Gasteiger partial charge in [0, 0.05) is 4.47 Å². The first-order valence-electron chi connectivity index (χ1n) is 5.10. The molecule has 2 atom stereocenters. The van der Waals surface area contributed by atoms with Crippen molar-refractivity contribution in [3.8, 4) is 5.75 Å². The molecule has 1 N–H and O–H groups in total. The summed E-state index contributed by atoms with van der Waals surface area (Å²) in [6, 6.07) is 5.62. The smallest absolute Gasteiger partial charge is 0.251 e. The SMILES string of the molecule is CC1OC(COc2ccc(Br)cc2Br)NC1=O. The molecule has 2 rings (SSSR count). The zero-order valence-electron chi connectivity index (χ0n) is 9.07. The third-order valence-corrected chi connectivity index (χ3v) is 3.44. The molecule has 92 valence electrons. The fourth-order valence-electron chi connectivity index (χ4n) is 1.46. The number of halogens is 2. The Bertz CT molecular complexity index is 439. The van der Waals surface area contributed by atoms with Crippen molar-refractivity contribution in [3.05, 3.63) is 27.1 Å². The lowest BCUT2D eigenvalue weighted by Gasteiger charge is -2.13. The van der Waals surface area contributed by atoms with Gasteiger partial charge in [0.05, 0.1) is 4.47 Å². The highest BCUT2D eigenvalue weighted by Gasteiger charge is 2.29. The molecule has 0 saturated carbocycles. The van der Waals surface area contributed by atoms with Gasteiger partial charge in [0.15, 0.2) is 6.23 Å². The van der Waals surface area contributed by atoms with E-state index in [9.17, 15) is 4.79 Å². The highest BCUT2D eigenvalue weighted by molar-refractivity contribution is 9.11. The van der Waals surface area contributed by atoms with Crippen LogP contribution in [-0.4, -0.2) is 24.8 Å². The van der Waals surface area contributed by atoms with Crippen molar-refractivity contribution in [2.45, 2.75) is 19.3 Å². The first-order chi connectivity index (χ1) is 8.06. The maximum atomic E-state index is 11.2. The number of carbonyl (C=O) groups excluding carboxylic acids is 1. The van der Waals surface area contributed by atoms with Crippen molar-refractivity contribution >= 4 is 37.8 Å². The maximum Gasteiger partial charge on any atom is 0.251 e. The van der Waals surface area contributed by atoms with Gasteiger partial charge in [0.1, 0.15) is 18.5 Å². The zero-order valence-corrected chi connectivity index (χ0v) is 12.2. The third-order valence-electron chi connectivity index (χ3n) is 2.33. The van der Waals surface area contributed by atoms with Crippen LogP contribution in [0.3, 0.4) is 0 Å². The molecule has 6 heteroatoms. The molecular weight excluding hydrogens is 354 g/mol. The Morgan fingerprint density at radius 1 is 1.47 bits per heavy atom. The predicted molar refractivity (Wildman–Crippen MR) is 69.8 cm³/mol. The van der Waals surface area contributed by atoms with E-state index in [0.717, 1.165) is 8.95 Å². The van der Waals surface area contributed by atoms with Gasteiger partial charge in [-0.1, -0.05) is 15.9 Å². The van der Waals surface area contributed by atoms with Crippen LogP contribution in [0.1, 0.15) is 6.92 Å². The summed E-state index contributed by atoms with van der Waals surface area (Å²) in [7, 11) is 0. The molecular formula is C11H11Br2NO3. The summed E-state index contributed by atoms with van der Waals surface area (Å²) in [6.07, 6.45) is -0.787. The Hall–Kier alpha value is -0.590. The summed E-state index contributed by atoms with van der Waals surface area (Å²) in [5.74, 6) is 0.610. The Balaban J connectivity index is 1.92. The molecule has 0 aromatic heterocycles. The van der Waals surface area contributed by atoms with Crippen molar-refractivity contribution in [2.75, 3.05) is 6.61 Å². The maximum absolute atomic E-state index is 11.2. The number of hydrogen-bond donors (Lipinski definition) is 1. The van der Waals surface area contributed by atoms with Gasteiger partial charge < -0.3 is 14.8 Å². The summed E-state index contributed by atoms with van der Waals surface area (Å²) in [6.45, 7) is 2.00. The molecule has 0 aliphatic carbocycles. The normalized spacial score (nSPS) is 23.6. The van der Waals surface area contributed by atoms with Crippen LogP contribution < -0.4 is 10.1 Å². The molecule has 1 aliphatic rings. The van der Waals surface area contributed by atoms with Gasteiger partial charge >= 0.3 is 0 Å². The summed E-state index contributed by atoms with van der Waals surface area (Å²) in [5, 5.41) is 2.69. The number of amides is 1. The van der Waals surface area contributed by atoms with E-state index in [-0.39, 0.29) is 18.7 Å². The van der Waals surface area contributed by atoms with Crippen LogP contribution in [0.2, 0.25) is 0 Å². The van der Waals surface area contributed by atoms with Gasteiger partial charge in [0.2, 0.25) is 0 Å². The molecule has 0 bridgehead atoms. The molecule has 1 aromatic rings. The average molecular weight is 365 g/mol. The van der Waals surface area contributed by atoms with Gasteiger partial charge in [-0.3, -0.25) is 4.79 Å². The number of nitrogens with one attached hydrogen (secondary N) is 1. The van der Waals surface area contributed by atoms with E-state index >= 15 is 0 Å². The van der Waals surface area contributed by atoms with E-state index in [4.69, 9.17) is 9.47 Å². The van der Waals surface area contributed by atoms with E-state index in [0.29, 0.717) is 5.75 Å². The Morgan fingerprint density at radius 3 is 2.82 bits per heavy atom. The van der Waals surface area contributed by atoms with Crippen molar-refractivity contribution in [1.82, 2.24) is 5.32 Å². The summed E-state index contributed by atoms with van der Waals surface area (Å²) >= 11 is 6.76. The Morgan fingerprint density at radius 2 is 2.24 bits per heavy atom. The van der Waals surface area contributed by atoms with Crippen LogP contribution in [0.15, 0.2) is 27.1 Å². The standard InChI is InChI=1S/C11H11Br2NO3/c1-6-11(15)14-10(17-6)5-16-9-3-2-7(12)4-8(9)13/h2-4,6,10H,5H2,1H3,(H,14,15). The number of benzene rings is 1. The van der Waals surface area contributed by atoms with E-state index in [2.05, 4.69) is 37.2 Å². The third kappa shape index (κ3) is 3.20. The molecule has 17 heavy (non-hydrogen) atoms. The molecule has 4 nitrogen and oxygen atoms in total. The lowest BCUT2D eigenvalue weighted by Crippen LogP contribution is -2.32. The monoisotopic (exact) mass is 363 g/mol. The molecule has 0 radical (unpaired) electrons. The lowest BCUT2D eigenvalue weighted by atomic mass is 10.3. The van der Waals surface area contributed by atoms with Crippen LogP contribution in [0.5, 0.6) is 5.75 Å². The van der Waals surface area contributed by atoms with Crippen molar-refractivity contribution in [3.63, 3.8) is 0 Å². The van der Waals surface area contributed by atoms with E-state index < -0.39 is 6.10 Å². The van der Waals surface area contributed by atoms with E-state index in [1.807, 2.05) is 18.2 Å². The quantitative estimate of drug-likeness (QED) is 0.896. The van der Waals surface area contributed by atoms with Gasteiger partial charge in [-0.25, -0.2) is 0 Å². The van der Waals surface area contributed by atoms with Gasteiger partial charge in [-0.05, 0) is 41.1 Å². The van der Waals surface area contributed by atoms with Crippen LogP contribution in [0.25, 0.3) is 0 Å². The number of hydrogen-bond acceptors (Lipinski definition) is 3. The molecule has 0 spiro atoms. The minimum Gasteiger partial charge on any atom is -0.488 e. The fraction of sp³-hybridized carbons (Fsp3) is 0.364. The molecule has 2 unspecified atom stereocenters. The van der Waals surface area contributed by atoms with Gasteiger partial charge in [-0.2, -0.15) is 0 Å². The van der Waals surface area contributed by atoms with Gasteiger partial charge in [0.25, 0.3) is 5.91 Å². The van der Waals surface area contributed by atoms with Crippen molar-refractivity contribution < 1.29 is 14.3 Å². The lowest BCUT2D eigenvalue weighted by molar-refractivity contribution is -0.122. The highest BCUT2D eigenvalue weighted by Crippen LogP contribution is 2.28. The second-order valence-corrected chi connectivity index (χ2v) is 5.43. The molecule has 1 saturated heterocycles. The first-order valence-corrected chi connectivity index (χ1v) is 6.68. The Kier molecular flexibility index (Phi) is 4.06. The fourth-order valence-corrected chi connectivity index (χ4v) is 2.62.